The van der Waals surface area contributed by atoms with Crippen LogP contribution in [0.1, 0.15) is 56.7 Å². The number of hydrogen-bond donors (Lipinski definition) is 1. The third-order valence-electron chi connectivity index (χ3n) is 6.00. The molecule has 0 aliphatic rings. The number of carbonyl (C=O) groups is 1. The van der Waals surface area contributed by atoms with Crippen LogP contribution >= 0.6 is 0 Å². The van der Waals surface area contributed by atoms with Gasteiger partial charge in [-0.1, -0.05) is 63.3 Å². The van der Waals surface area contributed by atoms with E-state index in [0.717, 1.165) is 27.8 Å². The van der Waals surface area contributed by atoms with Gasteiger partial charge in [0.05, 0.1) is 13.5 Å². The number of halogens is 1. The zero-order valence-corrected chi connectivity index (χ0v) is 21.0. The Morgan fingerprint density at radius 3 is 2.40 bits per heavy atom. The lowest BCUT2D eigenvalue weighted by Gasteiger charge is -2.25. The summed E-state index contributed by atoms with van der Waals surface area (Å²) in [6, 6.07) is 18.1. The van der Waals surface area contributed by atoms with Crippen LogP contribution in [0.2, 0.25) is 0 Å². The highest BCUT2D eigenvalue weighted by Gasteiger charge is 2.22. The SMILES string of the molecule is C=C(C)[C@H](CC(=O)O)c1cccc(OCc2ccc(-c3cc(OC)ccc3F)c(C(C)(C)C)c2)c1. The van der Waals surface area contributed by atoms with Crippen molar-refractivity contribution in [3.8, 4) is 22.6 Å². The van der Waals surface area contributed by atoms with Crippen LogP contribution in [0.3, 0.4) is 0 Å². The van der Waals surface area contributed by atoms with Gasteiger partial charge in [-0.3, -0.25) is 4.79 Å². The molecule has 3 aromatic carbocycles. The summed E-state index contributed by atoms with van der Waals surface area (Å²) >= 11 is 0. The second-order valence-corrected chi connectivity index (χ2v) is 9.83. The van der Waals surface area contributed by atoms with Gasteiger partial charge in [-0.15, -0.1) is 0 Å². The van der Waals surface area contributed by atoms with Crippen LogP contribution in [-0.4, -0.2) is 18.2 Å². The van der Waals surface area contributed by atoms with Crippen molar-refractivity contribution in [2.24, 2.45) is 0 Å². The van der Waals surface area contributed by atoms with Crippen molar-refractivity contribution in [3.63, 3.8) is 0 Å². The van der Waals surface area contributed by atoms with E-state index in [-0.39, 0.29) is 23.6 Å². The molecule has 0 aromatic heterocycles. The first kappa shape index (κ1) is 26.0. The fraction of sp³-hybridized carbons (Fsp3) is 0.300. The van der Waals surface area contributed by atoms with E-state index in [1.165, 1.54) is 6.07 Å². The molecule has 0 bridgehead atoms. The van der Waals surface area contributed by atoms with Crippen molar-refractivity contribution >= 4 is 5.97 Å². The highest BCUT2D eigenvalue weighted by Crippen LogP contribution is 2.37. The van der Waals surface area contributed by atoms with Gasteiger partial charge in [0.15, 0.2) is 0 Å². The summed E-state index contributed by atoms with van der Waals surface area (Å²) in [6.07, 6.45) is -0.0178. The first-order valence-electron chi connectivity index (χ1n) is 11.6. The quantitative estimate of drug-likeness (QED) is 0.325. The minimum atomic E-state index is -0.869. The van der Waals surface area contributed by atoms with Crippen molar-refractivity contribution in [2.75, 3.05) is 7.11 Å². The summed E-state index contributed by atoms with van der Waals surface area (Å²) < 4.78 is 26.1. The Morgan fingerprint density at radius 1 is 1.03 bits per heavy atom. The smallest absolute Gasteiger partial charge is 0.304 e. The van der Waals surface area contributed by atoms with Gasteiger partial charge in [-0.25, -0.2) is 4.39 Å². The van der Waals surface area contributed by atoms with E-state index < -0.39 is 5.97 Å². The molecule has 0 radical (unpaired) electrons. The van der Waals surface area contributed by atoms with Crippen LogP contribution in [0, 0.1) is 5.82 Å². The Hall–Kier alpha value is -3.60. The third-order valence-corrected chi connectivity index (χ3v) is 6.00. The highest BCUT2D eigenvalue weighted by molar-refractivity contribution is 5.71. The minimum Gasteiger partial charge on any atom is -0.497 e. The number of aliphatic carboxylic acids is 1. The van der Waals surface area contributed by atoms with Gasteiger partial charge in [-0.2, -0.15) is 0 Å². The fourth-order valence-electron chi connectivity index (χ4n) is 4.11. The number of hydrogen-bond acceptors (Lipinski definition) is 3. The number of carboxylic acid groups (broad SMARTS) is 1. The van der Waals surface area contributed by atoms with Gasteiger partial charge in [0.1, 0.15) is 23.9 Å². The Labute approximate surface area is 207 Å². The zero-order chi connectivity index (χ0) is 25.8. The minimum absolute atomic E-state index is 0.0178. The maximum absolute atomic E-state index is 14.7. The molecule has 0 aliphatic heterocycles. The summed E-state index contributed by atoms with van der Waals surface area (Å²) in [6.45, 7) is 12.4. The van der Waals surface area contributed by atoms with Crippen molar-refractivity contribution in [1.29, 1.82) is 0 Å². The summed E-state index contributed by atoms with van der Waals surface area (Å²) in [5, 5.41) is 9.26. The standard InChI is InChI=1S/C30H33FO4/c1-19(2)25(17-29(32)33)21-8-7-9-23(15-21)35-18-20-10-12-24(27(14-20)30(3,4)5)26-16-22(34-6)11-13-28(26)31/h7-16,25H,1,17-18H2,2-6H3,(H,32,33)/t25-/m0/s1. The fourth-order valence-corrected chi connectivity index (χ4v) is 4.11. The summed E-state index contributed by atoms with van der Waals surface area (Å²) in [5.74, 6) is -0.193. The summed E-state index contributed by atoms with van der Waals surface area (Å²) in [5.41, 5.74) is 4.69. The molecule has 1 N–H and O–H groups in total. The number of carboxylic acids is 1. The molecule has 0 aliphatic carbocycles. The predicted molar refractivity (Wildman–Crippen MR) is 138 cm³/mol. The van der Waals surface area contributed by atoms with Gasteiger partial charge in [0.25, 0.3) is 0 Å². The average molecular weight is 477 g/mol. The number of allylic oxidation sites excluding steroid dienone is 1. The van der Waals surface area contributed by atoms with Gasteiger partial charge in [0.2, 0.25) is 0 Å². The third kappa shape index (κ3) is 6.50. The van der Waals surface area contributed by atoms with E-state index >= 15 is 0 Å². The molecular weight excluding hydrogens is 443 g/mol. The molecule has 0 heterocycles. The van der Waals surface area contributed by atoms with Crippen LogP contribution in [0.4, 0.5) is 4.39 Å². The van der Waals surface area contributed by atoms with Crippen LogP contribution in [0.15, 0.2) is 72.8 Å². The number of rotatable bonds is 9. The first-order valence-corrected chi connectivity index (χ1v) is 11.6. The molecule has 0 saturated heterocycles. The Balaban J connectivity index is 1.89. The molecule has 0 saturated carbocycles. The Morgan fingerprint density at radius 2 is 1.77 bits per heavy atom. The molecule has 35 heavy (non-hydrogen) atoms. The lowest BCUT2D eigenvalue weighted by molar-refractivity contribution is -0.137. The van der Waals surface area contributed by atoms with Crippen molar-refractivity contribution in [1.82, 2.24) is 0 Å². The number of ether oxygens (including phenoxy) is 2. The van der Waals surface area contributed by atoms with Gasteiger partial charge in [-0.05, 0) is 64.9 Å². The topological polar surface area (TPSA) is 55.8 Å². The van der Waals surface area contributed by atoms with Crippen LogP contribution < -0.4 is 9.47 Å². The summed E-state index contributed by atoms with van der Waals surface area (Å²) in [4.78, 5) is 11.3. The van der Waals surface area contributed by atoms with E-state index in [1.807, 2.05) is 43.3 Å². The lowest BCUT2D eigenvalue weighted by Crippen LogP contribution is -2.14. The first-order chi connectivity index (χ1) is 16.5. The number of benzene rings is 3. The Kier molecular flexibility index (Phi) is 8.00. The van der Waals surface area contributed by atoms with Gasteiger partial charge >= 0.3 is 5.97 Å². The van der Waals surface area contributed by atoms with E-state index in [2.05, 4.69) is 33.4 Å². The van der Waals surface area contributed by atoms with E-state index in [9.17, 15) is 14.3 Å². The Bertz CT molecular complexity index is 1220. The normalized spacial score (nSPS) is 12.2. The largest absolute Gasteiger partial charge is 0.497 e. The molecule has 184 valence electrons. The maximum atomic E-state index is 14.7. The monoisotopic (exact) mass is 476 g/mol. The molecule has 0 spiro atoms. The van der Waals surface area contributed by atoms with E-state index in [1.54, 1.807) is 19.2 Å². The predicted octanol–water partition coefficient (Wildman–Crippen LogP) is 7.51. The van der Waals surface area contributed by atoms with Crippen molar-refractivity contribution < 1.29 is 23.8 Å². The molecular formula is C30H33FO4. The molecule has 4 nitrogen and oxygen atoms in total. The van der Waals surface area contributed by atoms with E-state index in [4.69, 9.17) is 9.47 Å². The maximum Gasteiger partial charge on any atom is 0.304 e. The average Bonchev–Trinajstić information content (AvgIpc) is 2.81. The molecule has 3 rings (SSSR count). The molecule has 0 fully saturated rings. The molecule has 3 aromatic rings. The van der Waals surface area contributed by atoms with Crippen LogP contribution in [-0.2, 0) is 16.8 Å². The molecule has 1 atom stereocenters. The molecule has 0 unspecified atom stereocenters. The molecule has 5 heteroatoms. The zero-order valence-electron chi connectivity index (χ0n) is 21.0. The van der Waals surface area contributed by atoms with Crippen molar-refractivity contribution in [2.45, 2.75) is 52.1 Å². The lowest BCUT2D eigenvalue weighted by atomic mass is 9.81. The summed E-state index contributed by atoms with van der Waals surface area (Å²) in [7, 11) is 1.57. The van der Waals surface area contributed by atoms with Crippen molar-refractivity contribution in [3.05, 3.63) is 95.3 Å². The number of methoxy groups -OCH3 is 1. The second-order valence-electron chi connectivity index (χ2n) is 9.83. The second kappa shape index (κ2) is 10.8. The van der Waals surface area contributed by atoms with Crippen LogP contribution in [0.25, 0.3) is 11.1 Å². The molecule has 0 amide bonds. The highest BCUT2D eigenvalue weighted by atomic mass is 19.1. The van der Waals surface area contributed by atoms with Gasteiger partial charge in [0, 0.05) is 11.5 Å². The van der Waals surface area contributed by atoms with Gasteiger partial charge < -0.3 is 14.6 Å². The van der Waals surface area contributed by atoms with E-state index in [0.29, 0.717) is 23.7 Å². The van der Waals surface area contributed by atoms with Crippen LogP contribution in [0.5, 0.6) is 11.5 Å².